The van der Waals surface area contributed by atoms with Gasteiger partial charge in [0.1, 0.15) is 6.54 Å². The van der Waals surface area contributed by atoms with Crippen molar-refractivity contribution in [3.8, 4) is 0 Å². The number of nitrogens with one attached hydrogen (secondary N) is 1. The van der Waals surface area contributed by atoms with E-state index in [2.05, 4.69) is 5.32 Å². The van der Waals surface area contributed by atoms with Crippen LogP contribution in [-0.4, -0.2) is 20.9 Å². The third-order valence-electron chi connectivity index (χ3n) is 4.71. The number of carbonyl (C=O) groups excluding carboxylic acids is 1. The highest BCUT2D eigenvalue weighted by molar-refractivity contribution is 7.92. The van der Waals surface area contributed by atoms with E-state index in [0.717, 1.165) is 21.0 Å². The molecular formula is C23H22Cl2N2O3S. The van der Waals surface area contributed by atoms with Crippen LogP contribution in [0.25, 0.3) is 0 Å². The molecule has 1 N–H and O–H groups in total. The molecule has 0 aromatic heterocycles. The van der Waals surface area contributed by atoms with Crippen LogP contribution in [0.2, 0.25) is 10.0 Å². The second kappa shape index (κ2) is 9.73. The molecule has 1 amide bonds. The van der Waals surface area contributed by atoms with Crippen molar-refractivity contribution in [1.29, 1.82) is 0 Å². The first-order valence-corrected chi connectivity index (χ1v) is 11.7. The number of halogens is 2. The normalized spacial score (nSPS) is 11.2. The number of benzene rings is 3. The van der Waals surface area contributed by atoms with Crippen molar-refractivity contribution < 1.29 is 13.2 Å². The Morgan fingerprint density at radius 1 is 0.903 bits per heavy atom. The van der Waals surface area contributed by atoms with E-state index in [1.54, 1.807) is 24.3 Å². The molecule has 0 spiro atoms. The summed E-state index contributed by atoms with van der Waals surface area (Å²) >= 11 is 12.4. The molecule has 0 unspecified atom stereocenters. The highest BCUT2D eigenvalue weighted by atomic mass is 35.5. The Bertz CT molecular complexity index is 1180. The first-order valence-electron chi connectivity index (χ1n) is 9.54. The summed E-state index contributed by atoms with van der Waals surface area (Å²) in [4.78, 5) is 12.8. The zero-order valence-corrected chi connectivity index (χ0v) is 19.4. The molecule has 0 heterocycles. The van der Waals surface area contributed by atoms with Crippen molar-refractivity contribution in [2.24, 2.45) is 0 Å². The summed E-state index contributed by atoms with van der Waals surface area (Å²) in [6, 6.07) is 18.8. The summed E-state index contributed by atoms with van der Waals surface area (Å²) in [6.07, 6.45) is 0. The highest BCUT2D eigenvalue weighted by Crippen LogP contribution is 2.35. The Morgan fingerprint density at radius 3 is 2.10 bits per heavy atom. The number of anilines is 1. The molecule has 31 heavy (non-hydrogen) atoms. The van der Waals surface area contributed by atoms with Gasteiger partial charge in [0.15, 0.2) is 0 Å². The van der Waals surface area contributed by atoms with Crippen molar-refractivity contribution in [3.05, 3.63) is 93.5 Å². The van der Waals surface area contributed by atoms with Gasteiger partial charge in [-0.25, -0.2) is 8.42 Å². The molecule has 162 valence electrons. The van der Waals surface area contributed by atoms with E-state index in [0.29, 0.717) is 0 Å². The van der Waals surface area contributed by atoms with Gasteiger partial charge >= 0.3 is 0 Å². The fourth-order valence-electron chi connectivity index (χ4n) is 2.92. The Kier molecular flexibility index (Phi) is 7.26. The molecule has 0 aliphatic heterocycles. The minimum absolute atomic E-state index is 0.0560. The summed E-state index contributed by atoms with van der Waals surface area (Å²) in [5, 5.41) is 3.02. The van der Waals surface area contributed by atoms with Gasteiger partial charge in [-0.15, -0.1) is 0 Å². The molecule has 0 aliphatic rings. The van der Waals surface area contributed by atoms with Crippen LogP contribution >= 0.6 is 23.2 Å². The summed E-state index contributed by atoms with van der Waals surface area (Å²) in [5.41, 5.74) is 3.08. The lowest BCUT2D eigenvalue weighted by Crippen LogP contribution is -2.40. The number of sulfonamides is 1. The number of carbonyl (C=O) groups is 1. The summed E-state index contributed by atoms with van der Waals surface area (Å²) in [5.74, 6) is -0.465. The average Bonchev–Trinajstić information content (AvgIpc) is 2.74. The van der Waals surface area contributed by atoms with E-state index in [9.17, 15) is 13.2 Å². The van der Waals surface area contributed by atoms with Crippen LogP contribution in [0.3, 0.4) is 0 Å². The van der Waals surface area contributed by atoms with Gasteiger partial charge in [0.2, 0.25) is 5.91 Å². The molecule has 0 saturated heterocycles. The predicted molar refractivity (Wildman–Crippen MR) is 125 cm³/mol. The Morgan fingerprint density at radius 2 is 1.48 bits per heavy atom. The second-order valence-electron chi connectivity index (χ2n) is 7.16. The fourth-order valence-corrected chi connectivity index (χ4v) is 4.80. The number of rotatable bonds is 7. The molecular weight excluding hydrogens is 455 g/mol. The van der Waals surface area contributed by atoms with Crippen LogP contribution in [0.1, 0.15) is 16.7 Å². The van der Waals surface area contributed by atoms with Crippen molar-refractivity contribution in [3.63, 3.8) is 0 Å². The zero-order valence-electron chi connectivity index (χ0n) is 17.1. The average molecular weight is 477 g/mol. The standard InChI is InChI=1S/C23H22Cl2N2O3S/c1-16-6-10-18(11-7-16)14-26-22(28)15-27(21-5-3-4-20(24)23(21)25)31(29,30)19-12-8-17(2)9-13-19/h3-13H,14-15H2,1-2H3,(H,26,28). The van der Waals surface area contributed by atoms with Gasteiger partial charge in [-0.3, -0.25) is 9.10 Å². The minimum Gasteiger partial charge on any atom is -0.350 e. The quantitative estimate of drug-likeness (QED) is 0.514. The largest absolute Gasteiger partial charge is 0.350 e. The molecule has 5 nitrogen and oxygen atoms in total. The molecule has 3 aromatic rings. The summed E-state index contributed by atoms with van der Waals surface area (Å²) < 4.78 is 27.8. The lowest BCUT2D eigenvalue weighted by Gasteiger charge is -2.25. The van der Waals surface area contributed by atoms with Crippen LogP contribution in [0.5, 0.6) is 0 Å². The molecule has 0 aliphatic carbocycles. The Labute approximate surface area is 192 Å². The van der Waals surface area contributed by atoms with Crippen molar-refractivity contribution in [2.45, 2.75) is 25.3 Å². The molecule has 0 saturated carbocycles. The maximum Gasteiger partial charge on any atom is 0.264 e. The summed E-state index contributed by atoms with van der Waals surface area (Å²) in [6.45, 7) is 3.67. The van der Waals surface area contributed by atoms with Crippen molar-refractivity contribution in [2.75, 3.05) is 10.8 Å². The van der Waals surface area contributed by atoms with E-state index in [4.69, 9.17) is 23.2 Å². The van der Waals surface area contributed by atoms with E-state index < -0.39 is 22.5 Å². The Balaban J connectivity index is 1.90. The number of aryl methyl sites for hydroxylation is 2. The predicted octanol–water partition coefficient (Wildman–Crippen LogP) is 5.12. The van der Waals surface area contributed by atoms with Gasteiger partial charge in [-0.05, 0) is 43.7 Å². The third kappa shape index (κ3) is 5.58. The number of amides is 1. The van der Waals surface area contributed by atoms with Crippen LogP contribution in [0.15, 0.2) is 71.6 Å². The fraction of sp³-hybridized carbons (Fsp3) is 0.174. The lowest BCUT2D eigenvalue weighted by atomic mass is 10.1. The molecule has 0 bridgehead atoms. The molecule has 0 fully saturated rings. The lowest BCUT2D eigenvalue weighted by molar-refractivity contribution is -0.119. The molecule has 0 radical (unpaired) electrons. The maximum absolute atomic E-state index is 13.4. The van der Waals surface area contributed by atoms with Crippen LogP contribution < -0.4 is 9.62 Å². The topological polar surface area (TPSA) is 66.5 Å². The van der Waals surface area contributed by atoms with Crippen LogP contribution in [-0.2, 0) is 21.4 Å². The second-order valence-corrected chi connectivity index (χ2v) is 9.81. The van der Waals surface area contributed by atoms with E-state index in [1.165, 1.54) is 18.2 Å². The zero-order chi connectivity index (χ0) is 22.6. The van der Waals surface area contributed by atoms with Crippen molar-refractivity contribution in [1.82, 2.24) is 5.32 Å². The van der Waals surface area contributed by atoms with E-state index in [1.807, 2.05) is 38.1 Å². The molecule has 0 atom stereocenters. The molecule has 8 heteroatoms. The number of hydrogen-bond acceptors (Lipinski definition) is 3. The summed E-state index contributed by atoms with van der Waals surface area (Å²) in [7, 11) is -4.06. The van der Waals surface area contributed by atoms with Gasteiger partial charge in [-0.2, -0.15) is 0 Å². The van der Waals surface area contributed by atoms with Gasteiger partial charge in [0.05, 0.1) is 20.6 Å². The van der Waals surface area contributed by atoms with Crippen molar-refractivity contribution >= 4 is 44.8 Å². The first kappa shape index (κ1) is 23.1. The number of hydrogen-bond donors (Lipinski definition) is 1. The molecule has 3 rings (SSSR count). The first-order chi connectivity index (χ1) is 14.7. The van der Waals surface area contributed by atoms with E-state index in [-0.39, 0.29) is 27.2 Å². The van der Waals surface area contributed by atoms with E-state index >= 15 is 0 Å². The SMILES string of the molecule is Cc1ccc(CNC(=O)CN(c2cccc(Cl)c2Cl)S(=O)(=O)c2ccc(C)cc2)cc1. The van der Waals surface area contributed by atoms with Gasteiger partial charge < -0.3 is 5.32 Å². The van der Waals surface area contributed by atoms with Crippen LogP contribution in [0.4, 0.5) is 5.69 Å². The van der Waals surface area contributed by atoms with Gasteiger partial charge in [-0.1, -0.05) is 76.8 Å². The minimum atomic E-state index is -4.06. The monoisotopic (exact) mass is 476 g/mol. The van der Waals surface area contributed by atoms with Crippen LogP contribution in [0, 0.1) is 13.8 Å². The van der Waals surface area contributed by atoms with Gasteiger partial charge in [0, 0.05) is 6.54 Å². The number of nitrogens with zero attached hydrogens (tertiary/aromatic N) is 1. The van der Waals surface area contributed by atoms with Gasteiger partial charge in [0.25, 0.3) is 10.0 Å². The third-order valence-corrected chi connectivity index (χ3v) is 7.29. The smallest absolute Gasteiger partial charge is 0.264 e. The highest BCUT2D eigenvalue weighted by Gasteiger charge is 2.29. The maximum atomic E-state index is 13.4. The molecule has 3 aromatic carbocycles. The Hall–Kier alpha value is -2.54.